The van der Waals surface area contributed by atoms with E-state index in [4.69, 9.17) is 0 Å². The molecule has 1 aliphatic heterocycles. The van der Waals surface area contributed by atoms with Crippen LogP contribution >= 0.6 is 0 Å². The Labute approximate surface area is 103 Å². The summed E-state index contributed by atoms with van der Waals surface area (Å²) in [6, 6.07) is 0.579. The monoisotopic (exact) mass is 234 g/mol. The molecule has 0 spiro atoms. The third kappa shape index (κ3) is 2.37. The SMILES string of the molecule is c1nnn(C2CCNCC2)c1C1CCCCC1. The normalized spacial score (nSPS) is 24.0. The molecule has 0 atom stereocenters. The first kappa shape index (κ1) is 11.2. The highest BCUT2D eigenvalue weighted by Gasteiger charge is 2.24. The van der Waals surface area contributed by atoms with Crippen LogP contribution in [-0.2, 0) is 0 Å². The van der Waals surface area contributed by atoms with Gasteiger partial charge < -0.3 is 5.32 Å². The summed E-state index contributed by atoms with van der Waals surface area (Å²) < 4.78 is 2.23. The Morgan fingerprint density at radius 2 is 1.82 bits per heavy atom. The van der Waals surface area contributed by atoms with E-state index in [1.54, 1.807) is 0 Å². The van der Waals surface area contributed by atoms with Crippen LogP contribution in [0, 0.1) is 0 Å². The van der Waals surface area contributed by atoms with E-state index in [0.29, 0.717) is 12.0 Å². The highest BCUT2D eigenvalue weighted by molar-refractivity contribution is 5.06. The van der Waals surface area contributed by atoms with E-state index in [1.165, 1.54) is 50.6 Å². The van der Waals surface area contributed by atoms with Gasteiger partial charge in [0, 0.05) is 5.92 Å². The van der Waals surface area contributed by atoms with Gasteiger partial charge in [-0.25, -0.2) is 4.68 Å². The van der Waals surface area contributed by atoms with Crippen molar-refractivity contribution in [1.29, 1.82) is 0 Å². The first-order valence-corrected chi connectivity index (χ1v) is 7.06. The van der Waals surface area contributed by atoms with Gasteiger partial charge in [-0.1, -0.05) is 24.5 Å². The lowest BCUT2D eigenvalue weighted by molar-refractivity contribution is 0.314. The lowest BCUT2D eigenvalue weighted by Crippen LogP contribution is -2.31. The standard InChI is InChI=1S/C13H22N4/c1-2-4-11(5-3-1)13-10-15-16-17(13)12-6-8-14-9-7-12/h10-12,14H,1-9H2. The van der Waals surface area contributed by atoms with Crippen LogP contribution in [0.15, 0.2) is 6.20 Å². The Morgan fingerprint density at radius 1 is 1.06 bits per heavy atom. The molecule has 1 aromatic rings. The van der Waals surface area contributed by atoms with Gasteiger partial charge in [-0.3, -0.25) is 0 Å². The molecular weight excluding hydrogens is 212 g/mol. The fraction of sp³-hybridized carbons (Fsp3) is 0.846. The number of hydrogen-bond donors (Lipinski definition) is 1. The molecule has 1 aliphatic carbocycles. The van der Waals surface area contributed by atoms with Crippen LogP contribution in [0.5, 0.6) is 0 Å². The Bertz CT molecular complexity index is 316. The molecule has 3 rings (SSSR count). The van der Waals surface area contributed by atoms with Gasteiger partial charge >= 0.3 is 0 Å². The Hall–Kier alpha value is -0.900. The number of aromatic nitrogens is 3. The van der Waals surface area contributed by atoms with Gasteiger partial charge in [0.25, 0.3) is 0 Å². The van der Waals surface area contributed by atoms with E-state index in [-0.39, 0.29) is 0 Å². The number of piperidine rings is 1. The molecule has 0 amide bonds. The molecule has 17 heavy (non-hydrogen) atoms. The quantitative estimate of drug-likeness (QED) is 0.853. The van der Waals surface area contributed by atoms with Gasteiger partial charge in [-0.15, -0.1) is 5.10 Å². The molecule has 1 N–H and O–H groups in total. The molecule has 1 saturated carbocycles. The summed E-state index contributed by atoms with van der Waals surface area (Å²) in [4.78, 5) is 0. The molecule has 0 radical (unpaired) electrons. The van der Waals surface area contributed by atoms with Crippen molar-refractivity contribution >= 4 is 0 Å². The molecule has 0 bridgehead atoms. The van der Waals surface area contributed by atoms with Crippen LogP contribution in [0.4, 0.5) is 0 Å². The van der Waals surface area contributed by atoms with Crippen LogP contribution in [0.25, 0.3) is 0 Å². The van der Waals surface area contributed by atoms with Crippen molar-refractivity contribution in [2.75, 3.05) is 13.1 Å². The number of rotatable bonds is 2. The van der Waals surface area contributed by atoms with E-state index in [9.17, 15) is 0 Å². The van der Waals surface area contributed by atoms with Gasteiger partial charge in [0.15, 0.2) is 0 Å². The summed E-state index contributed by atoms with van der Waals surface area (Å²) >= 11 is 0. The maximum Gasteiger partial charge on any atom is 0.0728 e. The van der Waals surface area contributed by atoms with E-state index in [0.717, 1.165) is 13.1 Å². The highest BCUT2D eigenvalue weighted by atomic mass is 15.4. The minimum absolute atomic E-state index is 0.579. The molecule has 4 nitrogen and oxygen atoms in total. The average molecular weight is 234 g/mol. The fourth-order valence-electron chi connectivity index (χ4n) is 3.28. The van der Waals surface area contributed by atoms with Crippen LogP contribution in [0.3, 0.4) is 0 Å². The van der Waals surface area contributed by atoms with E-state index >= 15 is 0 Å². The van der Waals surface area contributed by atoms with Gasteiger partial charge in [0.2, 0.25) is 0 Å². The van der Waals surface area contributed by atoms with Crippen LogP contribution < -0.4 is 5.32 Å². The maximum absolute atomic E-state index is 4.35. The molecule has 1 aromatic heterocycles. The van der Waals surface area contributed by atoms with E-state index in [1.807, 2.05) is 6.20 Å². The molecule has 2 fully saturated rings. The van der Waals surface area contributed by atoms with Crippen molar-refractivity contribution in [3.63, 3.8) is 0 Å². The topological polar surface area (TPSA) is 42.7 Å². The predicted octanol–water partition coefficient (Wildman–Crippen LogP) is 2.25. The maximum atomic E-state index is 4.35. The van der Waals surface area contributed by atoms with Crippen molar-refractivity contribution in [3.05, 3.63) is 11.9 Å². The summed E-state index contributed by atoms with van der Waals surface area (Å²) in [5.74, 6) is 0.716. The first-order valence-electron chi connectivity index (χ1n) is 7.06. The Morgan fingerprint density at radius 3 is 2.59 bits per heavy atom. The smallest absolute Gasteiger partial charge is 0.0728 e. The number of nitrogens with zero attached hydrogens (tertiary/aromatic N) is 3. The Kier molecular flexibility index (Phi) is 3.41. The van der Waals surface area contributed by atoms with Gasteiger partial charge in [-0.2, -0.15) is 0 Å². The summed E-state index contributed by atoms with van der Waals surface area (Å²) in [6.07, 6.45) is 11.2. The minimum Gasteiger partial charge on any atom is -0.317 e. The Balaban J connectivity index is 1.77. The molecule has 1 saturated heterocycles. The largest absolute Gasteiger partial charge is 0.317 e. The summed E-state index contributed by atoms with van der Waals surface area (Å²) in [6.45, 7) is 2.24. The minimum atomic E-state index is 0.579. The molecular formula is C13H22N4. The van der Waals surface area contributed by atoms with Crippen molar-refractivity contribution in [2.45, 2.75) is 56.9 Å². The van der Waals surface area contributed by atoms with E-state index < -0.39 is 0 Å². The molecule has 0 aromatic carbocycles. The van der Waals surface area contributed by atoms with Gasteiger partial charge in [0.05, 0.1) is 17.9 Å². The number of nitrogens with one attached hydrogen (secondary N) is 1. The van der Waals surface area contributed by atoms with Crippen molar-refractivity contribution in [2.24, 2.45) is 0 Å². The van der Waals surface area contributed by atoms with Gasteiger partial charge in [-0.05, 0) is 38.8 Å². The predicted molar refractivity (Wildman–Crippen MR) is 67.0 cm³/mol. The first-order chi connectivity index (χ1) is 8.45. The lowest BCUT2D eigenvalue weighted by Gasteiger charge is -2.27. The van der Waals surface area contributed by atoms with Gasteiger partial charge in [0.1, 0.15) is 0 Å². The third-order valence-electron chi connectivity index (χ3n) is 4.28. The average Bonchev–Trinajstić information content (AvgIpc) is 2.90. The molecule has 94 valence electrons. The van der Waals surface area contributed by atoms with E-state index in [2.05, 4.69) is 20.3 Å². The highest BCUT2D eigenvalue weighted by Crippen LogP contribution is 2.34. The van der Waals surface area contributed by atoms with Crippen molar-refractivity contribution < 1.29 is 0 Å². The summed E-state index contributed by atoms with van der Waals surface area (Å²) in [5.41, 5.74) is 1.40. The van der Waals surface area contributed by atoms with Crippen LogP contribution in [0.1, 0.15) is 62.6 Å². The number of hydrogen-bond acceptors (Lipinski definition) is 3. The lowest BCUT2D eigenvalue weighted by atomic mass is 9.87. The van der Waals surface area contributed by atoms with Crippen molar-refractivity contribution in [1.82, 2.24) is 20.3 Å². The fourth-order valence-corrected chi connectivity index (χ4v) is 3.28. The zero-order chi connectivity index (χ0) is 11.5. The second-order valence-electron chi connectivity index (χ2n) is 5.42. The third-order valence-corrected chi connectivity index (χ3v) is 4.28. The summed E-state index contributed by atoms with van der Waals surface area (Å²) in [7, 11) is 0. The molecule has 4 heteroatoms. The van der Waals surface area contributed by atoms with Crippen LogP contribution in [-0.4, -0.2) is 28.1 Å². The molecule has 0 unspecified atom stereocenters. The second-order valence-corrected chi connectivity index (χ2v) is 5.42. The second kappa shape index (κ2) is 5.17. The summed E-state index contributed by atoms with van der Waals surface area (Å²) in [5, 5.41) is 11.9. The molecule has 2 heterocycles. The zero-order valence-electron chi connectivity index (χ0n) is 10.4. The zero-order valence-corrected chi connectivity index (χ0v) is 10.4. The van der Waals surface area contributed by atoms with Crippen LogP contribution in [0.2, 0.25) is 0 Å². The molecule has 2 aliphatic rings. The van der Waals surface area contributed by atoms with Crippen molar-refractivity contribution in [3.8, 4) is 0 Å².